The molecule has 0 bridgehead atoms. The van der Waals surface area contributed by atoms with Gasteiger partial charge in [0.2, 0.25) is 11.6 Å². The second kappa shape index (κ2) is 23.9. The van der Waals surface area contributed by atoms with Crippen LogP contribution in [0.3, 0.4) is 0 Å². The Balaban J connectivity index is 1.44. The molecule has 0 radical (unpaired) electrons. The average Bonchev–Trinajstić information content (AvgIpc) is 3.53. The number of alkyl carbamates (subject to hydrolysis) is 1. The maximum atomic E-state index is 13.3. The molecule has 63 heavy (non-hydrogen) atoms. The van der Waals surface area contributed by atoms with E-state index in [4.69, 9.17) is 18.9 Å². The Hall–Kier alpha value is -5.36. The maximum absolute atomic E-state index is 13.3. The lowest BCUT2D eigenvalue weighted by molar-refractivity contribution is -0.169. The van der Waals surface area contributed by atoms with Crippen LogP contribution in [0.25, 0.3) is 0 Å². The number of aryl methyl sites for hydroxylation is 2. The topological polar surface area (TPSA) is 179 Å². The number of halogens is 3. The lowest BCUT2D eigenvalue weighted by atomic mass is 10.1. The quantitative estimate of drug-likeness (QED) is 0.0680. The Kier molecular flexibility index (Phi) is 19.7. The Bertz CT molecular complexity index is 1940. The third kappa shape index (κ3) is 20.6. The number of amides is 4. The summed E-state index contributed by atoms with van der Waals surface area (Å²) in [5.41, 5.74) is -1.43. The Morgan fingerprint density at radius 2 is 1.29 bits per heavy atom. The van der Waals surface area contributed by atoms with Crippen LogP contribution in [0.4, 0.5) is 27.6 Å². The van der Waals surface area contributed by atoms with Crippen molar-refractivity contribution in [3.8, 4) is 5.75 Å². The molecule has 0 fully saturated rings. The van der Waals surface area contributed by atoms with Crippen molar-refractivity contribution >= 4 is 36.0 Å². The zero-order valence-electron chi connectivity index (χ0n) is 38.4. The van der Waals surface area contributed by atoms with Crippen LogP contribution in [0.5, 0.6) is 5.75 Å². The van der Waals surface area contributed by atoms with E-state index in [0.29, 0.717) is 70.2 Å². The van der Waals surface area contributed by atoms with Gasteiger partial charge in [0.25, 0.3) is 0 Å². The molecule has 2 heterocycles. The van der Waals surface area contributed by atoms with Crippen LogP contribution in [-0.2, 0) is 32.1 Å². The van der Waals surface area contributed by atoms with E-state index in [-0.39, 0.29) is 11.6 Å². The molecular weight excluding hydrogens is 826 g/mol. The first-order valence-electron chi connectivity index (χ1n) is 21.7. The summed E-state index contributed by atoms with van der Waals surface area (Å²) in [7, 11) is 0. The minimum atomic E-state index is -5.09. The van der Waals surface area contributed by atoms with Crippen LogP contribution in [0.2, 0.25) is 0 Å². The third-order valence-electron chi connectivity index (χ3n) is 8.81. The van der Waals surface area contributed by atoms with Crippen molar-refractivity contribution < 1.29 is 51.3 Å². The number of hydrogen-bond acceptors (Lipinski definition) is 9. The monoisotopic (exact) mass is 893 g/mol. The molecule has 1 aliphatic heterocycles. The average molecular weight is 893 g/mol. The number of amidine groups is 1. The summed E-state index contributed by atoms with van der Waals surface area (Å²) in [6.07, 6.45) is 3.87. The maximum Gasteiger partial charge on any atom is 0.473 e. The first-order valence-corrected chi connectivity index (χ1v) is 21.7. The number of hydrogen-bond donors (Lipinski definition) is 2. The molecule has 4 amide bonds. The number of carbonyl (C=O) groups excluding carboxylic acids is 4. The summed E-state index contributed by atoms with van der Waals surface area (Å²) in [6, 6.07) is 7.26. The molecule has 0 saturated heterocycles. The lowest BCUT2D eigenvalue weighted by Gasteiger charge is -2.30. The fourth-order valence-corrected chi connectivity index (χ4v) is 6.10. The first kappa shape index (κ1) is 52.0. The molecule has 16 nitrogen and oxygen atoms in total. The molecule has 0 atom stereocenters. The van der Waals surface area contributed by atoms with Gasteiger partial charge in [0.1, 0.15) is 28.4 Å². The van der Waals surface area contributed by atoms with Gasteiger partial charge >= 0.3 is 30.4 Å². The Morgan fingerprint density at radius 3 is 1.86 bits per heavy atom. The van der Waals surface area contributed by atoms with E-state index >= 15 is 0 Å². The van der Waals surface area contributed by atoms with Crippen molar-refractivity contribution in [3.05, 3.63) is 47.8 Å². The molecule has 0 saturated carbocycles. The minimum absolute atomic E-state index is 0.0527. The zero-order valence-corrected chi connectivity index (χ0v) is 38.4. The first-order chi connectivity index (χ1) is 29.4. The molecule has 2 aromatic rings. The molecule has 0 spiro atoms. The Morgan fingerprint density at radius 1 is 0.730 bits per heavy atom. The number of carbonyl (C=O) groups is 4. The molecule has 0 unspecified atom stereocenters. The van der Waals surface area contributed by atoms with Crippen LogP contribution in [0.15, 0.2) is 51.6 Å². The summed E-state index contributed by atoms with van der Waals surface area (Å²) >= 11 is 0. The normalized spacial score (nSPS) is 14.2. The molecule has 2 N–H and O–H groups in total. The minimum Gasteiger partial charge on any atom is -0.494 e. The largest absolute Gasteiger partial charge is 0.494 e. The number of ether oxygens (including phenoxy) is 4. The van der Waals surface area contributed by atoms with E-state index in [9.17, 15) is 32.3 Å². The van der Waals surface area contributed by atoms with Gasteiger partial charge in [-0.15, -0.1) is 4.99 Å². The highest BCUT2D eigenvalue weighted by Gasteiger charge is 2.39. The Labute approximate surface area is 368 Å². The predicted octanol–water partition coefficient (Wildman–Crippen LogP) is 8.66. The smallest absolute Gasteiger partial charge is 0.473 e. The third-order valence-corrected chi connectivity index (χ3v) is 8.81. The van der Waals surface area contributed by atoms with Crippen molar-refractivity contribution in [1.29, 1.82) is 0 Å². The SMILES string of the molecule is CC(C)(C)OC(=O)/N=C(\NCCCCCCCCCn1ccn(CCCCOc2ccc(C3=NCCCN3C(=O)OC(C)(C)C)cc2)/c1=N/C(=O)C(F)(F)F)NC(=O)OC(C)(C)C. The van der Waals surface area contributed by atoms with Crippen molar-refractivity contribution in [2.24, 2.45) is 15.0 Å². The molecule has 352 valence electrons. The molecular formula is C44H67F3N8O8. The molecule has 19 heteroatoms. The predicted molar refractivity (Wildman–Crippen MR) is 233 cm³/mol. The van der Waals surface area contributed by atoms with Gasteiger partial charge in [0, 0.05) is 50.7 Å². The zero-order chi connectivity index (χ0) is 46.8. The standard InChI is InChI=1S/C44H67F3N8O8/c1-41(2,3)61-38(57)51-36(52-39(58)62-42(4,5)6)49-24-15-13-11-10-12-14-16-26-53-29-30-54(37(53)50-35(56)44(45,46)47)27-17-18-31-60-33-22-20-32(21-23-33)34-48-25-19-28-55(34)40(59)63-43(7,8)9/h20-23,29-30H,10-19,24-28,31H2,1-9H3,(H2,49,51,52,57,58)/b50-37+. The molecule has 1 aliphatic rings. The fraction of sp³-hybridized carbons (Fsp3) is 0.659. The highest BCUT2D eigenvalue weighted by molar-refractivity contribution is 6.07. The highest BCUT2D eigenvalue weighted by atomic mass is 19.4. The number of alkyl halides is 3. The van der Waals surface area contributed by atoms with Crippen LogP contribution in [0.1, 0.15) is 132 Å². The summed E-state index contributed by atoms with van der Waals surface area (Å²) < 4.78 is 64.9. The van der Waals surface area contributed by atoms with Crippen molar-refractivity contribution in [3.63, 3.8) is 0 Å². The number of nitrogens with zero attached hydrogens (tertiary/aromatic N) is 6. The highest BCUT2D eigenvalue weighted by Crippen LogP contribution is 2.20. The number of benzene rings is 1. The van der Waals surface area contributed by atoms with E-state index < -0.39 is 47.2 Å². The summed E-state index contributed by atoms with van der Waals surface area (Å²) in [5, 5.41) is 5.43. The van der Waals surface area contributed by atoms with Gasteiger partial charge in [0.15, 0.2) is 0 Å². The number of aromatic nitrogens is 2. The van der Waals surface area contributed by atoms with Crippen molar-refractivity contribution in [2.75, 3.05) is 26.2 Å². The van der Waals surface area contributed by atoms with Crippen LogP contribution in [0, 0.1) is 0 Å². The van der Waals surface area contributed by atoms with Gasteiger partial charge in [-0.2, -0.15) is 18.2 Å². The van der Waals surface area contributed by atoms with Gasteiger partial charge < -0.3 is 33.4 Å². The summed E-state index contributed by atoms with van der Waals surface area (Å²) in [6.45, 7) is 18.4. The van der Waals surface area contributed by atoms with Crippen molar-refractivity contribution in [2.45, 2.75) is 163 Å². The van der Waals surface area contributed by atoms with E-state index in [1.165, 1.54) is 0 Å². The van der Waals surface area contributed by atoms with Gasteiger partial charge in [-0.25, -0.2) is 14.4 Å². The second-order valence-electron chi connectivity index (χ2n) is 18.1. The summed E-state index contributed by atoms with van der Waals surface area (Å²) in [4.78, 5) is 62.7. The van der Waals surface area contributed by atoms with Crippen LogP contribution in [-0.4, -0.2) is 99.2 Å². The molecule has 0 aliphatic carbocycles. The lowest BCUT2D eigenvalue weighted by Crippen LogP contribution is -2.44. The molecule has 1 aromatic carbocycles. The van der Waals surface area contributed by atoms with E-state index in [1.807, 2.05) is 32.9 Å². The van der Waals surface area contributed by atoms with Gasteiger partial charge in [-0.1, -0.05) is 32.1 Å². The van der Waals surface area contributed by atoms with Crippen molar-refractivity contribution in [1.82, 2.24) is 24.7 Å². The number of aliphatic imine (C=N–C) groups is 2. The number of rotatable bonds is 17. The number of unbranched alkanes of at least 4 members (excludes halogenated alkanes) is 7. The van der Waals surface area contributed by atoms with Crippen LogP contribution >= 0.6 is 0 Å². The second-order valence-corrected chi connectivity index (χ2v) is 18.1. The number of nitrogens with one attached hydrogen (secondary N) is 2. The van der Waals surface area contributed by atoms with E-state index in [2.05, 4.69) is 25.6 Å². The van der Waals surface area contributed by atoms with Crippen LogP contribution < -0.4 is 21.0 Å². The van der Waals surface area contributed by atoms with Gasteiger partial charge in [-0.3, -0.25) is 20.0 Å². The van der Waals surface area contributed by atoms with E-state index in [1.54, 1.807) is 80.1 Å². The van der Waals surface area contributed by atoms with E-state index in [0.717, 1.165) is 50.5 Å². The van der Waals surface area contributed by atoms with Gasteiger partial charge in [-0.05, 0) is 119 Å². The molecule has 1 aromatic heterocycles. The summed E-state index contributed by atoms with van der Waals surface area (Å²) in [5.74, 6) is -1.06. The fourth-order valence-electron chi connectivity index (χ4n) is 6.10. The number of guanidine groups is 1. The van der Waals surface area contributed by atoms with Gasteiger partial charge in [0.05, 0.1) is 6.61 Å². The molecule has 3 rings (SSSR count). The number of imidazole rings is 1.